The van der Waals surface area contributed by atoms with E-state index in [0.29, 0.717) is 5.75 Å². The van der Waals surface area contributed by atoms with Gasteiger partial charge in [0.1, 0.15) is 11.9 Å². The van der Waals surface area contributed by atoms with Crippen LogP contribution in [0.15, 0.2) is 42.5 Å². The highest BCUT2D eigenvalue weighted by atomic mass is 32.2. The van der Waals surface area contributed by atoms with Crippen LogP contribution in [0.2, 0.25) is 0 Å². The summed E-state index contributed by atoms with van der Waals surface area (Å²) in [5.41, 5.74) is -0.0327. The molecule has 0 saturated carbocycles. The lowest BCUT2D eigenvalue weighted by Crippen LogP contribution is -2.44. The van der Waals surface area contributed by atoms with E-state index in [1.165, 1.54) is 34.9 Å². The summed E-state index contributed by atoms with van der Waals surface area (Å²) in [7, 11) is 0. The van der Waals surface area contributed by atoms with Crippen molar-refractivity contribution in [3.8, 4) is 0 Å². The molecule has 8 heteroatoms. The number of anilines is 1. The summed E-state index contributed by atoms with van der Waals surface area (Å²) in [4.78, 5) is 26.2. The van der Waals surface area contributed by atoms with Crippen molar-refractivity contribution < 1.29 is 22.8 Å². The Morgan fingerprint density at radius 1 is 1.04 bits per heavy atom. The fourth-order valence-corrected chi connectivity index (χ4v) is 3.59. The Morgan fingerprint density at radius 2 is 1.80 bits per heavy atom. The van der Waals surface area contributed by atoms with Crippen LogP contribution in [-0.2, 0) is 4.79 Å². The number of benzene rings is 2. The van der Waals surface area contributed by atoms with Crippen LogP contribution < -0.4 is 5.32 Å². The van der Waals surface area contributed by atoms with Crippen LogP contribution in [0.1, 0.15) is 10.4 Å². The molecule has 3 rings (SSSR count). The van der Waals surface area contributed by atoms with E-state index >= 15 is 0 Å². The number of thioether (sulfide) groups is 1. The summed E-state index contributed by atoms with van der Waals surface area (Å²) in [5, 5.41) is 2.45. The molecule has 130 valence electrons. The van der Waals surface area contributed by atoms with Crippen molar-refractivity contribution in [2.45, 2.75) is 6.04 Å². The predicted molar refractivity (Wildman–Crippen MR) is 88.7 cm³/mol. The van der Waals surface area contributed by atoms with E-state index < -0.39 is 35.3 Å². The van der Waals surface area contributed by atoms with Crippen LogP contribution in [0.25, 0.3) is 0 Å². The summed E-state index contributed by atoms with van der Waals surface area (Å²) in [5.74, 6) is -3.34. The summed E-state index contributed by atoms with van der Waals surface area (Å²) >= 11 is 1.35. The first kappa shape index (κ1) is 17.3. The third-order valence-electron chi connectivity index (χ3n) is 3.74. The minimum absolute atomic E-state index is 0.0182. The lowest BCUT2D eigenvalue weighted by atomic mass is 10.1. The SMILES string of the molecule is O=C(Nc1ccccc1F)[C@@H]1CSCN1C(=O)c1ccc(F)c(F)c1. The highest BCUT2D eigenvalue weighted by Crippen LogP contribution is 2.25. The van der Waals surface area contributed by atoms with Crippen molar-refractivity contribution in [1.29, 1.82) is 0 Å². The molecule has 1 fully saturated rings. The van der Waals surface area contributed by atoms with Crippen LogP contribution >= 0.6 is 11.8 Å². The van der Waals surface area contributed by atoms with Gasteiger partial charge in [-0.3, -0.25) is 9.59 Å². The second-order valence-corrected chi connectivity index (χ2v) is 6.39. The molecular formula is C17H13F3N2O2S. The van der Waals surface area contributed by atoms with Crippen molar-refractivity contribution in [1.82, 2.24) is 4.90 Å². The van der Waals surface area contributed by atoms with Gasteiger partial charge in [0.25, 0.3) is 5.91 Å². The van der Waals surface area contributed by atoms with Crippen molar-refractivity contribution in [2.24, 2.45) is 0 Å². The number of hydrogen-bond acceptors (Lipinski definition) is 3. The van der Waals surface area contributed by atoms with Gasteiger partial charge in [-0.2, -0.15) is 0 Å². The highest BCUT2D eigenvalue weighted by molar-refractivity contribution is 7.99. The number of nitrogens with zero attached hydrogens (tertiary/aromatic N) is 1. The first-order valence-corrected chi connectivity index (χ1v) is 8.52. The molecule has 2 aromatic carbocycles. The first-order valence-electron chi connectivity index (χ1n) is 7.36. The third-order valence-corrected chi connectivity index (χ3v) is 4.76. The van der Waals surface area contributed by atoms with Gasteiger partial charge in [-0.05, 0) is 30.3 Å². The van der Waals surface area contributed by atoms with E-state index in [4.69, 9.17) is 0 Å². The molecule has 0 bridgehead atoms. The summed E-state index contributed by atoms with van der Waals surface area (Å²) in [6.07, 6.45) is 0. The fraction of sp³-hybridized carbons (Fsp3) is 0.176. The lowest BCUT2D eigenvalue weighted by Gasteiger charge is -2.23. The van der Waals surface area contributed by atoms with Crippen molar-refractivity contribution >= 4 is 29.3 Å². The molecular weight excluding hydrogens is 353 g/mol. The molecule has 1 aliphatic rings. The van der Waals surface area contributed by atoms with Gasteiger partial charge in [0.15, 0.2) is 11.6 Å². The number of nitrogens with one attached hydrogen (secondary N) is 1. The van der Waals surface area contributed by atoms with E-state index in [-0.39, 0.29) is 17.1 Å². The molecule has 25 heavy (non-hydrogen) atoms. The van der Waals surface area contributed by atoms with Crippen LogP contribution in [0.4, 0.5) is 18.9 Å². The first-order chi connectivity index (χ1) is 12.0. The zero-order chi connectivity index (χ0) is 18.0. The Morgan fingerprint density at radius 3 is 2.52 bits per heavy atom. The van der Waals surface area contributed by atoms with Gasteiger partial charge in [0, 0.05) is 11.3 Å². The van der Waals surface area contributed by atoms with Crippen molar-refractivity contribution in [3.63, 3.8) is 0 Å². The maximum atomic E-state index is 13.7. The number of amides is 2. The van der Waals surface area contributed by atoms with Crippen LogP contribution in [0.5, 0.6) is 0 Å². The van der Waals surface area contributed by atoms with Gasteiger partial charge in [-0.15, -0.1) is 11.8 Å². The monoisotopic (exact) mass is 366 g/mol. The summed E-state index contributed by atoms with van der Waals surface area (Å²) < 4.78 is 40.0. The second kappa shape index (κ2) is 7.18. The number of halogens is 3. The van der Waals surface area contributed by atoms with Gasteiger partial charge in [-0.25, -0.2) is 13.2 Å². The maximum absolute atomic E-state index is 13.7. The Hall–Kier alpha value is -2.48. The predicted octanol–water partition coefficient (Wildman–Crippen LogP) is 3.26. The molecule has 0 radical (unpaired) electrons. The summed E-state index contributed by atoms with van der Waals surface area (Å²) in [6, 6.07) is 7.69. The number of carbonyl (C=O) groups excluding carboxylic acids is 2. The number of hydrogen-bond donors (Lipinski definition) is 1. The zero-order valence-corrected chi connectivity index (χ0v) is 13.7. The lowest BCUT2D eigenvalue weighted by molar-refractivity contribution is -0.119. The highest BCUT2D eigenvalue weighted by Gasteiger charge is 2.35. The standard InChI is InChI=1S/C17H13F3N2O2S/c18-11-6-5-10(7-13(11)20)17(24)22-9-25-8-15(22)16(23)21-14-4-2-1-3-12(14)19/h1-7,15H,8-9H2,(H,21,23)/t15-/m0/s1. The maximum Gasteiger partial charge on any atom is 0.255 e. The molecule has 0 aliphatic carbocycles. The fourth-order valence-electron chi connectivity index (χ4n) is 2.43. The van der Waals surface area contributed by atoms with Crippen LogP contribution in [0.3, 0.4) is 0 Å². The summed E-state index contributed by atoms with van der Waals surface area (Å²) in [6.45, 7) is 0. The molecule has 1 atom stereocenters. The molecule has 1 aliphatic heterocycles. The van der Waals surface area contributed by atoms with Gasteiger partial charge >= 0.3 is 0 Å². The molecule has 4 nitrogen and oxygen atoms in total. The average Bonchev–Trinajstić information content (AvgIpc) is 3.08. The van der Waals surface area contributed by atoms with E-state index in [0.717, 1.165) is 18.2 Å². The Labute approximate surface area is 146 Å². The van der Waals surface area contributed by atoms with Gasteiger partial charge in [0.05, 0.1) is 11.6 Å². The normalized spacial score (nSPS) is 16.8. The number of rotatable bonds is 3. The average molecular weight is 366 g/mol. The number of carbonyl (C=O) groups is 2. The van der Waals surface area contributed by atoms with Crippen molar-refractivity contribution in [2.75, 3.05) is 16.9 Å². The second-order valence-electron chi connectivity index (χ2n) is 5.39. The smallest absolute Gasteiger partial charge is 0.255 e. The van der Waals surface area contributed by atoms with E-state index in [2.05, 4.69) is 5.32 Å². The van der Waals surface area contributed by atoms with Crippen LogP contribution in [-0.4, -0.2) is 34.4 Å². The molecule has 1 heterocycles. The molecule has 2 aromatic rings. The molecule has 1 N–H and O–H groups in total. The van der Waals surface area contributed by atoms with Gasteiger partial charge in [0.2, 0.25) is 5.91 Å². The minimum Gasteiger partial charge on any atom is -0.322 e. The van der Waals surface area contributed by atoms with Crippen molar-refractivity contribution in [3.05, 3.63) is 65.5 Å². The van der Waals surface area contributed by atoms with Crippen LogP contribution in [0, 0.1) is 17.5 Å². The third kappa shape index (κ3) is 3.63. The molecule has 1 saturated heterocycles. The molecule has 0 aromatic heterocycles. The minimum atomic E-state index is -1.13. The molecule has 0 spiro atoms. The Kier molecular flexibility index (Phi) is 4.98. The quantitative estimate of drug-likeness (QED) is 0.907. The topological polar surface area (TPSA) is 49.4 Å². The Bertz CT molecular complexity index is 831. The molecule has 0 unspecified atom stereocenters. The van der Waals surface area contributed by atoms with Gasteiger partial charge < -0.3 is 10.2 Å². The van der Waals surface area contributed by atoms with Gasteiger partial charge in [-0.1, -0.05) is 12.1 Å². The van der Waals surface area contributed by atoms with E-state index in [9.17, 15) is 22.8 Å². The zero-order valence-electron chi connectivity index (χ0n) is 12.8. The Balaban J connectivity index is 1.77. The largest absolute Gasteiger partial charge is 0.322 e. The van der Waals surface area contributed by atoms with E-state index in [1.54, 1.807) is 6.07 Å². The number of para-hydroxylation sites is 1. The van der Waals surface area contributed by atoms with E-state index in [1.807, 2.05) is 0 Å². The molecule has 2 amide bonds.